The summed E-state index contributed by atoms with van der Waals surface area (Å²) >= 11 is 3.43. The van der Waals surface area contributed by atoms with E-state index in [1.165, 1.54) is 12.8 Å². The molecular formula is C20H26BrN3O2. The lowest BCUT2D eigenvalue weighted by Gasteiger charge is -2.31. The maximum absolute atomic E-state index is 12.5. The van der Waals surface area contributed by atoms with Gasteiger partial charge >= 0.3 is 0 Å². The molecule has 1 saturated heterocycles. The Morgan fingerprint density at radius 1 is 1.27 bits per heavy atom. The van der Waals surface area contributed by atoms with Crippen molar-refractivity contribution in [3.63, 3.8) is 0 Å². The molecule has 1 unspecified atom stereocenters. The van der Waals surface area contributed by atoms with Crippen LogP contribution in [0.4, 0.5) is 0 Å². The third kappa shape index (κ3) is 4.93. The van der Waals surface area contributed by atoms with Gasteiger partial charge < -0.3 is 9.42 Å². The monoisotopic (exact) mass is 419 g/mol. The van der Waals surface area contributed by atoms with Crippen LogP contribution in [-0.4, -0.2) is 34.0 Å². The van der Waals surface area contributed by atoms with E-state index in [9.17, 15) is 4.79 Å². The molecule has 26 heavy (non-hydrogen) atoms. The Kier molecular flexibility index (Phi) is 6.83. The number of rotatable bonds is 7. The third-order valence-electron chi connectivity index (χ3n) is 4.91. The molecule has 3 rings (SSSR count). The number of carbonyl (C=O) groups excluding carboxylic acids is 1. The van der Waals surface area contributed by atoms with Crippen molar-refractivity contribution in [3.05, 3.63) is 34.6 Å². The molecule has 2 aromatic rings. The summed E-state index contributed by atoms with van der Waals surface area (Å²) in [5.74, 6) is 1.65. The second kappa shape index (κ2) is 9.31. The predicted molar refractivity (Wildman–Crippen MR) is 105 cm³/mol. The summed E-state index contributed by atoms with van der Waals surface area (Å²) in [6.45, 7) is 3.72. The van der Waals surface area contributed by atoms with Gasteiger partial charge in [-0.05, 0) is 43.5 Å². The van der Waals surface area contributed by atoms with E-state index >= 15 is 0 Å². The number of aromatic nitrogens is 2. The van der Waals surface area contributed by atoms with Crippen molar-refractivity contribution in [1.29, 1.82) is 0 Å². The van der Waals surface area contributed by atoms with Gasteiger partial charge in [0, 0.05) is 29.5 Å². The maximum atomic E-state index is 12.5. The summed E-state index contributed by atoms with van der Waals surface area (Å²) in [5, 5.41) is 4.13. The van der Waals surface area contributed by atoms with Crippen molar-refractivity contribution in [1.82, 2.24) is 15.0 Å². The van der Waals surface area contributed by atoms with Crippen LogP contribution in [0.2, 0.25) is 0 Å². The minimum atomic E-state index is 0.139. The number of unbranched alkanes of at least 4 members (excludes halogenated alkanes) is 3. The average Bonchev–Trinajstić information content (AvgIpc) is 3.16. The maximum Gasteiger partial charge on any atom is 0.231 e. The van der Waals surface area contributed by atoms with Crippen LogP contribution in [0.5, 0.6) is 0 Å². The van der Waals surface area contributed by atoms with Crippen LogP contribution in [0.25, 0.3) is 11.4 Å². The van der Waals surface area contributed by atoms with Gasteiger partial charge in [0.05, 0.1) is 5.92 Å². The van der Waals surface area contributed by atoms with E-state index in [1.54, 1.807) is 0 Å². The molecule has 5 nitrogen and oxygen atoms in total. The van der Waals surface area contributed by atoms with Crippen molar-refractivity contribution in [2.75, 3.05) is 13.1 Å². The van der Waals surface area contributed by atoms with Crippen molar-refractivity contribution < 1.29 is 9.32 Å². The summed E-state index contributed by atoms with van der Waals surface area (Å²) in [6.07, 6.45) is 7.15. The first-order chi connectivity index (χ1) is 12.7. The first kappa shape index (κ1) is 19.1. The van der Waals surface area contributed by atoms with Crippen LogP contribution in [0, 0.1) is 0 Å². The highest BCUT2D eigenvalue weighted by Crippen LogP contribution is 2.28. The van der Waals surface area contributed by atoms with Gasteiger partial charge in [0.25, 0.3) is 0 Å². The molecule has 0 spiro atoms. The lowest BCUT2D eigenvalue weighted by molar-refractivity contribution is -0.132. The predicted octanol–water partition coefficient (Wildman–Crippen LogP) is 5.18. The van der Waals surface area contributed by atoms with Gasteiger partial charge in [0.15, 0.2) is 0 Å². The van der Waals surface area contributed by atoms with Gasteiger partial charge in [-0.25, -0.2) is 0 Å². The molecule has 140 valence electrons. The van der Waals surface area contributed by atoms with Crippen LogP contribution >= 0.6 is 15.9 Å². The van der Waals surface area contributed by atoms with Crippen LogP contribution in [0.15, 0.2) is 33.3 Å². The standard InChI is InChI=1S/C20H26BrN3O2/c1-2-3-4-5-8-18(25)24-13-6-7-16(14-24)20-22-19(23-26-20)15-9-11-17(21)12-10-15/h9-12,16H,2-8,13-14H2,1H3. The van der Waals surface area contributed by atoms with Gasteiger partial charge in [-0.2, -0.15) is 4.98 Å². The minimum Gasteiger partial charge on any atom is -0.342 e. The van der Waals surface area contributed by atoms with E-state index < -0.39 is 0 Å². The first-order valence-electron chi connectivity index (χ1n) is 9.54. The summed E-state index contributed by atoms with van der Waals surface area (Å²) in [6, 6.07) is 7.85. The topological polar surface area (TPSA) is 59.2 Å². The molecule has 1 amide bonds. The Morgan fingerprint density at radius 3 is 2.85 bits per heavy atom. The molecule has 0 radical (unpaired) electrons. The second-order valence-electron chi connectivity index (χ2n) is 6.95. The van der Waals surface area contributed by atoms with E-state index in [-0.39, 0.29) is 11.8 Å². The van der Waals surface area contributed by atoms with E-state index in [0.717, 1.165) is 42.3 Å². The second-order valence-corrected chi connectivity index (χ2v) is 7.87. The van der Waals surface area contributed by atoms with Crippen molar-refractivity contribution >= 4 is 21.8 Å². The number of likely N-dealkylation sites (tertiary alicyclic amines) is 1. The quantitative estimate of drug-likeness (QED) is 0.580. The molecule has 2 heterocycles. The number of amides is 1. The average molecular weight is 420 g/mol. The summed E-state index contributed by atoms with van der Waals surface area (Å²) in [4.78, 5) is 19.0. The number of piperidine rings is 1. The fourth-order valence-electron chi connectivity index (χ4n) is 3.38. The van der Waals surface area contributed by atoms with Crippen LogP contribution < -0.4 is 0 Å². The van der Waals surface area contributed by atoms with Gasteiger partial charge in [-0.1, -0.05) is 47.3 Å². The Bertz CT molecular complexity index is 714. The fourth-order valence-corrected chi connectivity index (χ4v) is 3.65. The highest BCUT2D eigenvalue weighted by atomic mass is 79.9. The Morgan fingerprint density at radius 2 is 2.08 bits per heavy atom. The number of benzene rings is 1. The molecule has 1 aliphatic heterocycles. The smallest absolute Gasteiger partial charge is 0.231 e. The Balaban J connectivity index is 1.59. The zero-order valence-electron chi connectivity index (χ0n) is 15.3. The number of hydrogen-bond donors (Lipinski definition) is 0. The lowest BCUT2D eigenvalue weighted by Crippen LogP contribution is -2.39. The minimum absolute atomic E-state index is 0.139. The van der Waals surface area contributed by atoms with Gasteiger partial charge in [-0.3, -0.25) is 4.79 Å². The highest BCUT2D eigenvalue weighted by molar-refractivity contribution is 9.10. The molecule has 1 aromatic carbocycles. The van der Waals surface area contributed by atoms with E-state index in [1.807, 2.05) is 29.2 Å². The fraction of sp³-hybridized carbons (Fsp3) is 0.550. The normalized spacial score (nSPS) is 17.5. The van der Waals surface area contributed by atoms with Crippen molar-refractivity contribution in [3.8, 4) is 11.4 Å². The molecule has 0 N–H and O–H groups in total. The Labute approximate surface area is 163 Å². The highest BCUT2D eigenvalue weighted by Gasteiger charge is 2.28. The number of halogens is 1. The van der Waals surface area contributed by atoms with Gasteiger partial charge in [0.2, 0.25) is 17.6 Å². The molecule has 0 bridgehead atoms. The number of hydrogen-bond acceptors (Lipinski definition) is 4. The van der Waals surface area contributed by atoms with E-state index in [4.69, 9.17) is 4.52 Å². The molecule has 1 atom stereocenters. The SMILES string of the molecule is CCCCCCC(=O)N1CCCC(c2nc(-c3ccc(Br)cc3)no2)C1. The molecule has 1 fully saturated rings. The van der Waals surface area contributed by atoms with Crippen molar-refractivity contribution in [2.45, 2.75) is 57.8 Å². The summed E-state index contributed by atoms with van der Waals surface area (Å²) < 4.78 is 6.54. The van der Waals surface area contributed by atoms with E-state index in [0.29, 0.717) is 24.7 Å². The molecular weight excluding hydrogens is 394 g/mol. The summed E-state index contributed by atoms with van der Waals surface area (Å²) in [7, 11) is 0. The zero-order valence-corrected chi connectivity index (χ0v) is 16.9. The molecule has 0 saturated carbocycles. The van der Waals surface area contributed by atoms with Crippen molar-refractivity contribution in [2.24, 2.45) is 0 Å². The number of carbonyl (C=O) groups is 1. The number of nitrogens with zero attached hydrogens (tertiary/aromatic N) is 3. The first-order valence-corrected chi connectivity index (χ1v) is 10.3. The molecule has 1 aliphatic rings. The third-order valence-corrected chi connectivity index (χ3v) is 5.44. The molecule has 0 aliphatic carbocycles. The van der Waals surface area contributed by atoms with Crippen LogP contribution in [0.1, 0.15) is 63.7 Å². The molecule has 1 aromatic heterocycles. The van der Waals surface area contributed by atoms with Crippen LogP contribution in [-0.2, 0) is 4.79 Å². The lowest BCUT2D eigenvalue weighted by atomic mass is 9.97. The Hall–Kier alpha value is -1.69. The summed E-state index contributed by atoms with van der Waals surface area (Å²) in [5.41, 5.74) is 0.933. The zero-order chi connectivity index (χ0) is 18.4. The van der Waals surface area contributed by atoms with Gasteiger partial charge in [-0.15, -0.1) is 0 Å². The van der Waals surface area contributed by atoms with Crippen LogP contribution in [0.3, 0.4) is 0 Å². The largest absolute Gasteiger partial charge is 0.342 e. The molecule has 6 heteroatoms. The van der Waals surface area contributed by atoms with Gasteiger partial charge in [0.1, 0.15) is 0 Å². The van der Waals surface area contributed by atoms with E-state index in [2.05, 4.69) is 33.0 Å².